The predicted octanol–water partition coefficient (Wildman–Crippen LogP) is 2.43. The molecule has 0 saturated heterocycles. The molecule has 1 aliphatic heterocycles. The Kier molecular flexibility index (Phi) is 4.60. The molecule has 0 spiro atoms. The molecule has 2 amide bonds. The second-order valence-corrected chi connectivity index (χ2v) is 5.47. The summed E-state index contributed by atoms with van der Waals surface area (Å²) in [4.78, 5) is 11.8. The summed E-state index contributed by atoms with van der Waals surface area (Å²) in [7, 11) is 0. The number of benzene rings is 1. The molecule has 22 heavy (non-hydrogen) atoms. The van der Waals surface area contributed by atoms with Gasteiger partial charge in [0.2, 0.25) is 0 Å². The number of hydrogen-bond acceptors (Lipinski definition) is 3. The fraction of sp³-hybridized carbons (Fsp3) is 0.333. The van der Waals surface area contributed by atoms with Crippen molar-refractivity contribution in [3.8, 4) is 0 Å². The highest BCUT2D eigenvalue weighted by atomic mass is 35.5. The highest BCUT2D eigenvalue weighted by Gasteiger charge is 2.15. The van der Waals surface area contributed by atoms with Crippen molar-refractivity contribution in [1.82, 2.24) is 15.1 Å². The largest absolute Gasteiger partial charge is 0.376 e. The zero-order valence-corrected chi connectivity index (χ0v) is 12.8. The molecule has 0 aliphatic carbocycles. The zero-order valence-electron chi connectivity index (χ0n) is 12.0. The van der Waals surface area contributed by atoms with E-state index in [-0.39, 0.29) is 6.03 Å². The van der Waals surface area contributed by atoms with Gasteiger partial charge in [0.15, 0.2) is 0 Å². The van der Waals surface area contributed by atoms with Crippen LogP contribution < -0.4 is 10.6 Å². The lowest BCUT2D eigenvalue weighted by molar-refractivity contribution is 0.109. The van der Waals surface area contributed by atoms with Gasteiger partial charge in [-0.2, -0.15) is 5.10 Å². The lowest BCUT2D eigenvalue weighted by Gasteiger charge is -2.15. The fourth-order valence-corrected chi connectivity index (χ4v) is 2.61. The Morgan fingerprint density at radius 1 is 1.45 bits per heavy atom. The second-order valence-electron chi connectivity index (χ2n) is 5.03. The van der Waals surface area contributed by atoms with Crippen molar-refractivity contribution in [2.45, 2.75) is 19.6 Å². The van der Waals surface area contributed by atoms with E-state index in [0.717, 1.165) is 18.6 Å². The number of fused-ring (bicyclic) bond motifs is 1. The quantitative estimate of drug-likeness (QED) is 0.909. The lowest BCUT2D eigenvalue weighted by Crippen LogP contribution is -2.32. The number of carbonyl (C=O) groups is 1. The number of rotatable bonds is 4. The predicted molar refractivity (Wildman–Crippen MR) is 84.1 cm³/mol. The van der Waals surface area contributed by atoms with Crippen LogP contribution in [0.2, 0.25) is 5.02 Å². The average molecular weight is 321 g/mol. The van der Waals surface area contributed by atoms with Gasteiger partial charge in [0.1, 0.15) is 0 Å². The number of anilines is 1. The summed E-state index contributed by atoms with van der Waals surface area (Å²) in [6, 6.07) is 6.78. The Balaban J connectivity index is 1.48. The van der Waals surface area contributed by atoms with Crippen LogP contribution in [0.4, 0.5) is 10.5 Å². The Morgan fingerprint density at radius 2 is 2.36 bits per heavy atom. The number of urea groups is 1. The molecule has 7 heteroatoms. The topological polar surface area (TPSA) is 68.2 Å². The molecule has 1 aromatic heterocycles. The Morgan fingerprint density at radius 3 is 3.23 bits per heavy atom. The van der Waals surface area contributed by atoms with Crippen LogP contribution in [-0.4, -0.2) is 29.0 Å². The van der Waals surface area contributed by atoms with Gasteiger partial charge in [0.05, 0.1) is 26.0 Å². The van der Waals surface area contributed by atoms with E-state index in [1.54, 1.807) is 24.3 Å². The van der Waals surface area contributed by atoms with Crippen molar-refractivity contribution in [3.63, 3.8) is 0 Å². The van der Waals surface area contributed by atoms with E-state index in [1.807, 2.05) is 10.9 Å². The molecule has 0 radical (unpaired) electrons. The lowest BCUT2D eigenvalue weighted by atomic mass is 10.2. The summed E-state index contributed by atoms with van der Waals surface area (Å²) in [6.07, 6.45) is 2.70. The third-order valence-electron chi connectivity index (χ3n) is 3.47. The number of ether oxygens (including phenoxy) is 1. The number of aromatic nitrogens is 2. The molecule has 1 aliphatic rings. The zero-order chi connectivity index (χ0) is 15.4. The van der Waals surface area contributed by atoms with Crippen LogP contribution in [0.15, 0.2) is 30.5 Å². The van der Waals surface area contributed by atoms with E-state index in [0.29, 0.717) is 30.4 Å². The van der Waals surface area contributed by atoms with Gasteiger partial charge in [0, 0.05) is 34.9 Å². The average Bonchev–Trinajstić information content (AvgIpc) is 2.91. The van der Waals surface area contributed by atoms with E-state index in [2.05, 4.69) is 15.7 Å². The molecule has 116 valence electrons. The molecule has 0 bridgehead atoms. The van der Waals surface area contributed by atoms with Gasteiger partial charge in [-0.25, -0.2) is 4.79 Å². The van der Waals surface area contributed by atoms with Gasteiger partial charge in [-0.15, -0.1) is 0 Å². The highest BCUT2D eigenvalue weighted by molar-refractivity contribution is 6.30. The molecule has 2 heterocycles. The summed E-state index contributed by atoms with van der Waals surface area (Å²) < 4.78 is 7.31. The van der Waals surface area contributed by atoms with Crippen molar-refractivity contribution >= 4 is 23.3 Å². The first kappa shape index (κ1) is 14.9. The minimum atomic E-state index is -0.258. The Hall–Kier alpha value is -2.05. The van der Waals surface area contributed by atoms with Crippen LogP contribution in [0.3, 0.4) is 0 Å². The van der Waals surface area contributed by atoms with Crippen LogP contribution >= 0.6 is 11.6 Å². The third-order valence-corrected chi connectivity index (χ3v) is 3.70. The molecule has 1 aromatic carbocycles. The van der Waals surface area contributed by atoms with Gasteiger partial charge < -0.3 is 15.4 Å². The summed E-state index contributed by atoms with van der Waals surface area (Å²) in [5, 5.41) is 10.5. The number of halogens is 1. The SMILES string of the molecule is O=C(NCCn1ncc2c1CCOC2)Nc1cccc(Cl)c1. The molecule has 6 nitrogen and oxygen atoms in total. The molecule has 2 N–H and O–H groups in total. The van der Waals surface area contributed by atoms with Gasteiger partial charge >= 0.3 is 6.03 Å². The first-order valence-electron chi connectivity index (χ1n) is 7.14. The molecular formula is C15H17ClN4O2. The first-order chi connectivity index (χ1) is 10.7. The van der Waals surface area contributed by atoms with Gasteiger partial charge in [-0.1, -0.05) is 17.7 Å². The second kappa shape index (κ2) is 6.81. The maximum Gasteiger partial charge on any atom is 0.319 e. The van der Waals surface area contributed by atoms with Gasteiger partial charge in [0.25, 0.3) is 0 Å². The molecular weight excluding hydrogens is 304 g/mol. The maximum absolute atomic E-state index is 11.8. The molecule has 0 atom stereocenters. The number of nitrogens with one attached hydrogen (secondary N) is 2. The van der Waals surface area contributed by atoms with E-state index in [1.165, 1.54) is 5.69 Å². The number of hydrogen-bond donors (Lipinski definition) is 2. The molecule has 0 fully saturated rings. The number of nitrogens with zero attached hydrogens (tertiary/aromatic N) is 2. The molecule has 0 saturated carbocycles. The third kappa shape index (κ3) is 3.58. The van der Waals surface area contributed by atoms with Crippen molar-refractivity contribution in [1.29, 1.82) is 0 Å². The van der Waals surface area contributed by atoms with Crippen LogP contribution in [0, 0.1) is 0 Å². The van der Waals surface area contributed by atoms with Crippen LogP contribution in [-0.2, 0) is 24.3 Å². The molecule has 0 unspecified atom stereocenters. The van der Waals surface area contributed by atoms with E-state index < -0.39 is 0 Å². The van der Waals surface area contributed by atoms with E-state index in [9.17, 15) is 4.79 Å². The summed E-state index contributed by atoms with van der Waals surface area (Å²) >= 11 is 5.87. The van der Waals surface area contributed by atoms with Crippen LogP contribution in [0.5, 0.6) is 0 Å². The van der Waals surface area contributed by atoms with Crippen molar-refractivity contribution in [2.75, 3.05) is 18.5 Å². The summed E-state index contributed by atoms with van der Waals surface area (Å²) in [6.45, 7) is 2.49. The summed E-state index contributed by atoms with van der Waals surface area (Å²) in [5.41, 5.74) is 3.00. The Labute approximate surface area is 133 Å². The van der Waals surface area contributed by atoms with Gasteiger partial charge in [-0.05, 0) is 18.2 Å². The smallest absolute Gasteiger partial charge is 0.319 e. The molecule has 2 aromatic rings. The van der Waals surface area contributed by atoms with Crippen LogP contribution in [0.25, 0.3) is 0 Å². The van der Waals surface area contributed by atoms with Crippen LogP contribution in [0.1, 0.15) is 11.3 Å². The number of carbonyl (C=O) groups excluding carboxylic acids is 1. The summed E-state index contributed by atoms with van der Waals surface area (Å²) in [5.74, 6) is 0. The number of amides is 2. The minimum absolute atomic E-state index is 0.258. The normalized spacial score (nSPS) is 13.5. The van der Waals surface area contributed by atoms with E-state index >= 15 is 0 Å². The van der Waals surface area contributed by atoms with Crippen molar-refractivity contribution in [3.05, 3.63) is 46.7 Å². The Bertz CT molecular complexity index is 671. The maximum atomic E-state index is 11.8. The van der Waals surface area contributed by atoms with Gasteiger partial charge in [-0.3, -0.25) is 4.68 Å². The first-order valence-corrected chi connectivity index (χ1v) is 7.52. The monoisotopic (exact) mass is 320 g/mol. The van der Waals surface area contributed by atoms with Crippen molar-refractivity contribution in [2.24, 2.45) is 0 Å². The minimum Gasteiger partial charge on any atom is -0.376 e. The van der Waals surface area contributed by atoms with E-state index in [4.69, 9.17) is 16.3 Å². The fourth-order valence-electron chi connectivity index (χ4n) is 2.42. The van der Waals surface area contributed by atoms with Crippen molar-refractivity contribution < 1.29 is 9.53 Å². The molecule has 3 rings (SSSR count). The standard InChI is InChI=1S/C15H17ClN4O2/c16-12-2-1-3-13(8-12)19-15(21)17-5-6-20-14-4-7-22-10-11(14)9-18-20/h1-3,8-9H,4-7,10H2,(H2,17,19,21). The highest BCUT2D eigenvalue weighted by Crippen LogP contribution is 2.16.